The molecule has 0 aromatic rings. The Morgan fingerprint density at radius 1 is 1.50 bits per heavy atom. The van der Waals surface area contributed by atoms with Crippen molar-refractivity contribution < 1.29 is 19.5 Å². The van der Waals surface area contributed by atoms with E-state index in [1.807, 2.05) is 11.8 Å². The number of amides is 1. The summed E-state index contributed by atoms with van der Waals surface area (Å²) in [5.41, 5.74) is 5.59. The lowest BCUT2D eigenvalue weighted by Gasteiger charge is -2.37. The number of nitrogens with two attached hydrogens (primary N) is 1. The van der Waals surface area contributed by atoms with Gasteiger partial charge in [0, 0.05) is 32.6 Å². The van der Waals surface area contributed by atoms with Crippen molar-refractivity contribution >= 4 is 17.9 Å². The van der Waals surface area contributed by atoms with Crippen LogP contribution in [0.4, 0.5) is 4.79 Å². The first-order valence-corrected chi connectivity index (χ1v) is 5.62. The van der Waals surface area contributed by atoms with Gasteiger partial charge in [0.25, 0.3) is 0 Å². The van der Waals surface area contributed by atoms with E-state index in [0.717, 1.165) is 0 Å². The van der Waals surface area contributed by atoms with Gasteiger partial charge >= 0.3 is 12.1 Å². The standard InChI is InChI=1S/C10H18N4O4/c1-7-5-13(3-4-14(7)10(16)17)6-9(11)12-18-8(2)15/h7H,3-6H2,1-2H3,(H2,11,12)(H,16,17). The smallest absolute Gasteiger partial charge is 0.407 e. The number of carboxylic acid groups (broad SMARTS) is 1. The van der Waals surface area contributed by atoms with Crippen molar-refractivity contribution in [3.8, 4) is 0 Å². The third kappa shape index (κ3) is 4.21. The number of hydrogen-bond donors (Lipinski definition) is 2. The molecule has 0 spiro atoms. The fraction of sp³-hybridized carbons (Fsp3) is 0.700. The van der Waals surface area contributed by atoms with E-state index in [4.69, 9.17) is 10.8 Å². The van der Waals surface area contributed by atoms with E-state index in [0.29, 0.717) is 26.2 Å². The van der Waals surface area contributed by atoms with Crippen LogP contribution in [0.3, 0.4) is 0 Å². The third-order valence-electron chi connectivity index (χ3n) is 2.63. The molecule has 1 aliphatic heterocycles. The zero-order chi connectivity index (χ0) is 13.7. The molecule has 18 heavy (non-hydrogen) atoms. The van der Waals surface area contributed by atoms with Crippen LogP contribution in [-0.4, -0.2) is 65.0 Å². The van der Waals surface area contributed by atoms with Crippen molar-refractivity contribution in [1.82, 2.24) is 9.80 Å². The molecule has 1 rings (SSSR count). The van der Waals surface area contributed by atoms with Crippen molar-refractivity contribution in [2.24, 2.45) is 10.9 Å². The number of piperazine rings is 1. The van der Waals surface area contributed by atoms with Crippen LogP contribution in [-0.2, 0) is 9.63 Å². The lowest BCUT2D eigenvalue weighted by molar-refractivity contribution is -0.141. The van der Waals surface area contributed by atoms with E-state index in [2.05, 4.69) is 9.99 Å². The van der Waals surface area contributed by atoms with Gasteiger partial charge in [0.15, 0.2) is 5.84 Å². The molecule has 0 aliphatic carbocycles. The van der Waals surface area contributed by atoms with Crippen LogP contribution in [0.2, 0.25) is 0 Å². The van der Waals surface area contributed by atoms with Crippen molar-refractivity contribution in [2.45, 2.75) is 19.9 Å². The summed E-state index contributed by atoms with van der Waals surface area (Å²) in [7, 11) is 0. The number of carbonyl (C=O) groups is 2. The predicted octanol–water partition coefficient (Wildman–Crippen LogP) is -0.494. The highest BCUT2D eigenvalue weighted by Gasteiger charge is 2.27. The minimum Gasteiger partial charge on any atom is -0.465 e. The molecule has 1 unspecified atom stereocenters. The van der Waals surface area contributed by atoms with Crippen LogP contribution in [0.25, 0.3) is 0 Å². The molecule has 1 atom stereocenters. The molecular weight excluding hydrogens is 240 g/mol. The second kappa shape index (κ2) is 6.20. The average molecular weight is 258 g/mol. The van der Waals surface area contributed by atoms with Gasteiger partial charge in [-0.3, -0.25) is 4.90 Å². The minimum atomic E-state index is -0.913. The molecule has 1 heterocycles. The fourth-order valence-corrected chi connectivity index (χ4v) is 1.84. The number of hydrogen-bond acceptors (Lipinski definition) is 5. The van der Waals surface area contributed by atoms with Gasteiger partial charge in [-0.2, -0.15) is 0 Å². The number of rotatable bonds is 3. The van der Waals surface area contributed by atoms with Gasteiger partial charge in [0.1, 0.15) is 0 Å². The van der Waals surface area contributed by atoms with Crippen LogP contribution < -0.4 is 5.73 Å². The fourth-order valence-electron chi connectivity index (χ4n) is 1.84. The summed E-state index contributed by atoms with van der Waals surface area (Å²) >= 11 is 0. The summed E-state index contributed by atoms with van der Waals surface area (Å²) in [5.74, 6) is -0.330. The van der Waals surface area contributed by atoms with E-state index < -0.39 is 12.1 Å². The SMILES string of the molecule is CC(=O)ON=C(N)CN1CCN(C(=O)O)C(C)C1. The maximum Gasteiger partial charge on any atom is 0.407 e. The third-order valence-corrected chi connectivity index (χ3v) is 2.63. The van der Waals surface area contributed by atoms with Crippen molar-refractivity contribution in [1.29, 1.82) is 0 Å². The first kappa shape index (κ1) is 14.2. The molecule has 8 nitrogen and oxygen atoms in total. The summed E-state index contributed by atoms with van der Waals surface area (Å²) in [4.78, 5) is 29.2. The molecule has 0 saturated carbocycles. The Morgan fingerprint density at radius 3 is 2.67 bits per heavy atom. The molecule has 0 bridgehead atoms. The van der Waals surface area contributed by atoms with Gasteiger partial charge in [-0.1, -0.05) is 5.16 Å². The molecule has 8 heteroatoms. The Balaban J connectivity index is 2.44. The number of nitrogens with zero attached hydrogens (tertiary/aromatic N) is 3. The second-order valence-electron chi connectivity index (χ2n) is 4.23. The normalized spacial score (nSPS) is 21.8. The van der Waals surface area contributed by atoms with Crippen LogP contribution in [0.5, 0.6) is 0 Å². The van der Waals surface area contributed by atoms with Gasteiger partial charge < -0.3 is 20.6 Å². The van der Waals surface area contributed by atoms with Gasteiger partial charge in [-0.25, -0.2) is 9.59 Å². The number of amidine groups is 1. The Labute approximate surface area is 105 Å². The molecule has 0 aromatic carbocycles. The van der Waals surface area contributed by atoms with E-state index in [-0.39, 0.29) is 11.9 Å². The summed E-state index contributed by atoms with van der Waals surface area (Å²) in [6, 6.07) is -0.0993. The quantitative estimate of drug-likeness (QED) is 0.306. The highest BCUT2D eigenvalue weighted by Crippen LogP contribution is 2.09. The maximum atomic E-state index is 10.9. The Bertz CT molecular complexity index is 358. The van der Waals surface area contributed by atoms with Gasteiger partial charge in [0.05, 0.1) is 6.54 Å². The largest absolute Gasteiger partial charge is 0.465 e. The summed E-state index contributed by atoms with van der Waals surface area (Å²) in [6.07, 6.45) is -0.913. The first-order chi connectivity index (χ1) is 8.40. The summed E-state index contributed by atoms with van der Waals surface area (Å²) in [6.45, 7) is 5.00. The Kier molecular flexibility index (Phi) is 4.90. The van der Waals surface area contributed by atoms with E-state index in [1.54, 1.807) is 0 Å². The molecule has 1 saturated heterocycles. The van der Waals surface area contributed by atoms with Crippen molar-refractivity contribution in [3.05, 3.63) is 0 Å². The van der Waals surface area contributed by atoms with Crippen molar-refractivity contribution in [3.63, 3.8) is 0 Å². The number of oxime groups is 1. The maximum absolute atomic E-state index is 10.9. The topological polar surface area (TPSA) is 108 Å². The van der Waals surface area contributed by atoms with Crippen LogP contribution in [0, 0.1) is 0 Å². The summed E-state index contributed by atoms with van der Waals surface area (Å²) < 4.78 is 0. The molecule has 0 radical (unpaired) electrons. The lowest BCUT2D eigenvalue weighted by Crippen LogP contribution is -2.55. The number of carbonyl (C=O) groups excluding carboxylic acids is 1. The molecule has 3 N–H and O–H groups in total. The lowest BCUT2D eigenvalue weighted by atomic mass is 10.2. The Hall–Kier alpha value is -1.83. The van der Waals surface area contributed by atoms with Crippen molar-refractivity contribution in [2.75, 3.05) is 26.2 Å². The summed E-state index contributed by atoms with van der Waals surface area (Å²) in [5, 5.41) is 12.4. The zero-order valence-electron chi connectivity index (χ0n) is 10.5. The molecular formula is C10H18N4O4. The molecule has 1 aliphatic rings. The van der Waals surface area contributed by atoms with Gasteiger partial charge in [-0.15, -0.1) is 0 Å². The minimum absolute atomic E-state index is 0.0993. The molecule has 1 amide bonds. The van der Waals surface area contributed by atoms with E-state index in [1.165, 1.54) is 11.8 Å². The molecule has 102 valence electrons. The highest BCUT2D eigenvalue weighted by molar-refractivity contribution is 5.82. The average Bonchev–Trinajstić information content (AvgIpc) is 2.26. The van der Waals surface area contributed by atoms with E-state index in [9.17, 15) is 9.59 Å². The molecule has 1 fully saturated rings. The zero-order valence-corrected chi connectivity index (χ0v) is 10.5. The highest BCUT2D eigenvalue weighted by atomic mass is 16.7. The Morgan fingerprint density at radius 2 is 2.17 bits per heavy atom. The first-order valence-electron chi connectivity index (χ1n) is 5.62. The van der Waals surface area contributed by atoms with Gasteiger partial charge in [-0.05, 0) is 6.92 Å². The van der Waals surface area contributed by atoms with Crippen LogP contribution in [0.1, 0.15) is 13.8 Å². The predicted molar refractivity (Wildman–Crippen MR) is 64.0 cm³/mol. The van der Waals surface area contributed by atoms with Crippen LogP contribution >= 0.6 is 0 Å². The second-order valence-corrected chi connectivity index (χ2v) is 4.23. The van der Waals surface area contributed by atoms with Crippen LogP contribution in [0.15, 0.2) is 5.16 Å². The monoisotopic (exact) mass is 258 g/mol. The van der Waals surface area contributed by atoms with Gasteiger partial charge in [0.2, 0.25) is 0 Å². The van der Waals surface area contributed by atoms with E-state index >= 15 is 0 Å². The molecule has 0 aromatic heterocycles.